The van der Waals surface area contributed by atoms with Crippen LogP contribution in [0.15, 0.2) is 0 Å². The summed E-state index contributed by atoms with van der Waals surface area (Å²) in [7, 11) is 0. The molecule has 1 fully saturated rings. The van der Waals surface area contributed by atoms with E-state index in [1.54, 1.807) is 14.7 Å². The molecule has 0 unspecified atom stereocenters. The predicted octanol–water partition coefficient (Wildman–Crippen LogP) is -0.261. The lowest BCUT2D eigenvalue weighted by atomic mass is 10.3. The van der Waals surface area contributed by atoms with Crippen LogP contribution in [0.3, 0.4) is 0 Å². The normalized spacial score (nSPS) is 18.2. The van der Waals surface area contributed by atoms with Crippen LogP contribution in [-0.2, 0) is 0 Å². The molecule has 1 heterocycles. The van der Waals surface area contributed by atoms with Crippen LogP contribution in [0.1, 0.15) is 6.42 Å². The van der Waals surface area contributed by atoms with Gasteiger partial charge in [0, 0.05) is 39.3 Å². The Labute approximate surface area is 95.5 Å². The molecule has 0 aromatic rings. The van der Waals surface area contributed by atoms with Crippen LogP contribution < -0.4 is 0 Å². The van der Waals surface area contributed by atoms with Gasteiger partial charge in [0.05, 0.1) is 0 Å². The lowest BCUT2D eigenvalue weighted by Gasteiger charge is -2.25. The Morgan fingerprint density at radius 1 is 0.562 bits per heavy atom. The largest absolute Gasteiger partial charge is 0.309 e. The van der Waals surface area contributed by atoms with Crippen LogP contribution >= 0.6 is 0 Å². The van der Waals surface area contributed by atoms with Crippen molar-refractivity contribution in [1.82, 2.24) is 14.7 Å². The van der Waals surface area contributed by atoms with E-state index < -0.39 is 0 Å². The molecule has 1 aliphatic heterocycles. The van der Waals surface area contributed by atoms with E-state index in [1.165, 1.54) is 0 Å². The average Bonchev–Trinajstić information content (AvgIpc) is 2.34. The Morgan fingerprint density at radius 3 is 1.19 bits per heavy atom. The van der Waals surface area contributed by atoms with Gasteiger partial charge >= 0.3 is 0 Å². The molecular weight excluding hydrogens is 204 g/mol. The Bertz CT molecular complexity index is 307. The molecule has 0 radical (unpaired) electrons. The number of nitrogens with zero attached hydrogens (tertiary/aromatic N) is 6. The summed E-state index contributed by atoms with van der Waals surface area (Å²) >= 11 is 0. The summed E-state index contributed by atoms with van der Waals surface area (Å²) < 4.78 is 0. The van der Waals surface area contributed by atoms with E-state index in [-0.39, 0.29) is 0 Å². The fourth-order valence-corrected chi connectivity index (χ4v) is 1.57. The Morgan fingerprint density at radius 2 is 0.875 bits per heavy atom. The fourth-order valence-electron chi connectivity index (χ4n) is 1.57. The molecular formula is C10H14N6. The van der Waals surface area contributed by atoms with E-state index >= 15 is 0 Å². The molecule has 0 aromatic carbocycles. The molecule has 0 aromatic heterocycles. The van der Waals surface area contributed by atoms with Gasteiger partial charge in [0.15, 0.2) is 18.6 Å². The summed E-state index contributed by atoms with van der Waals surface area (Å²) in [6.45, 7) is 3.54. The van der Waals surface area contributed by atoms with E-state index in [1.807, 2.05) is 0 Å². The molecule has 0 N–H and O–H groups in total. The number of rotatable bonds is 0. The van der Waals surface area contributed by atoms with Crippen molar-refractivity contribution in [2.45, 2.75) is 6.42 Å². The minimum atomic E-state index is 0.545. The van der Waals surface area contributed by atoms with Gasteiger partial charge < -0.3 is 14.7 Å². The second-order valence-electron chi connectivity index (χ2n) is 3.61. The molecule has 6 heteroatoms. The van der Waals surface area contributed by atoms with Crippen molar-refractivity contribution in [3.05, 3.63) is 0 Å². The quantitative estimate of drug-likeness (QED) is 0.521. The molecule has 0 spiro atoms. The van der Waals surface area contributed by atoms with Gasteiger partial charge in [-0.2, -0.15) is 15.8 Å². The molecule has 1 saturated heterocycles. The van der Waals surface area contributed by atoms with Crippen molar-refractivity contribution >= 4 is 0 Å². The first-order chi connectivity index (χ1) is 7.80. The van der Waals surface area contributed by atoms with Crippen LogP contribution in [0.25, 0.3) is 0 Å². The van der Waals surface area contributed by atoms with Gasteiger partial charge in [-0.05, 0) is 6.42 Å². The van der Waals surface area contributed by atoms with Crippen molar-refractivity contribution in [2.75, 3.05) is 39.3 Å². The summed E-state index contributed by atoms with van der Waals surface area (Å²) in [5.41, 5.74) is 0. The first kappa shape index (κ1) is 11.9. The highest BCUT2D eigenvalue weighted by Crippen LogP contribution is 1.99. The first-order valence-electron chi connectivity index (χ1n) is 5.24. The number of hydrogen-bond acceptors (Lipinski definition) is 6. The summed E-state index contributed by atoms with van der Waals surface area (Å²) in [6, 6.07) is 0. The molecule has 0 aliphatic carbocycles. The van der Waals surface area contributed by atoms with Gasteiger partial charge in [0.1, 0.15) is 0 Å². The molecule has 1 aliphatic rings. The molecule has 16 heavy (non-hydrogen) atoms. The van der Waals surface area contributed by atoms with Gasteiger partial charge in [-0.3, -0.25) is 0 Å². The zero-order valence-electron chi connectivity index (χ0n) is 9.13. The maximum atomic E-state index is 8.86. The summed E-state index contributed by atoms with van der Waals surface area (Å²) in [5, 5.41) is 26.6. The fraction of sp³-hybridized carbons (Fsp3) is 0.700. The topological polar surface area (TPSA) is 81.1 Å². The lowest BCUT2D eigenvalue weighted by molar-refractivity contribution is 0.249. The third kappa shape index (κ3) is 3.55. The van der Waals surface area contributed by atoms with Crippen LogP contribution in [0.4, 0.5) is 0 Å². The van der Waals surface area contributed by atoms with Gasteiger partial charge in [-0.1, -0.05) is 0 Å². The maximum Gasteiger partial charge on any atom is 0.179 e. The monoisotopic (exact) mass is 218 g/mol. The van der Waals surface area contributed by atoms with Crippen molar-refractivity contribution in [3.63, 3.8) is 0 Å². The minimum Gasteiger partial charge on any atom is -0.309 e. The van der Waals surface area contributed by atoms with Crippen molar-refractivity contribution < 1.29 is 0 Å². The number of nitriles is 3. The third-order valence-corrected chi connectivity index (χ3v) is 2.56. The Balaban J connectivity index is 2.58. The molecule has 84 valence electrons. The molecule has 0 bridgehead atoms. The highest BCUT2D eigenvalue weighted by atomic mass is 15.2. The van der Waals surface area contributed by atoms with Crippen molar-refractivity contribution in [1.29, 1.82) is 15.8 Å². The zero-order valence-corrected chi connectivity index (χ0v) is 9.13. The predicted molar refractivity (Wildman–Crippen MR) is 56.2 cm³/mol. The molecule has 0 atom stereocenters. The van der Waals surface area contributed by atoms with E-state index in [2.05, 4.69) is 18.6 Å². The SMILES string of the molecule is N#CN1CCCN(C#N)CCN(C#N)CC1. The van der Waals surface area contributed by atoms with Crippen LogP contribution in [0.5, 0.6) is 0 Å². The molecule has 1 rings (SSSR count). The second kappa shape index (κ2) is 6.37. The van der Waals surface area contributed by atoms with E-state index in [0.29, 0.717) is 39.3 Å². The van der Waals surface area contributed by atoms with Crippen LogP contribution in [-0.4, -0.2) is 54.0 Å². The van der Waals surface area contributed by atoms with Gasteiger partial charge in [-0.25, -0.2) is 0 Å². The van der Waals surface area contributed by atoms with E-state index in [0.717, 1.165) is 6.42 Å². The summed E-state index contributed by atoms with van der Waals surface area (Å²) in [4.78, 5) is 4.84. The van der Waals surface area contributed by atoms with Crippen molar-refractivity contribution in [3.8, 4) is 18.6 Å². The summed E-state index contributed by atoms with van der Waals surface area (Å²) in [5.74, 6) is 0. The van der Waals surface area contributed by atoms with Gasteiger partial charge in [-0.15, -0.1) is 0 Å². The smallest absolute Gasteiger partial charge is 0.179 e. The highest BCUT2D eigenvalue weighted by molar-refractivity contribution is 4.84. The Hall–Kier alpha value is -2.13. The Kier molecular flexibility index (Phi) is 4.76. The summed E-state index contributed by atoms with van der Waals surface area (Å²) in [6.07, 6.45) is 7.06. The van der Waals surface area contributed by atoms with Crippen LogP contribution in [0, 0.1) is 34.4 Å². The van der Waals surface area contributed by atoms with E-state index in [9.17, 15) is 0 Å². The standard InChI is InChI=1S/C10H14N6/c11-8-14-2-1-3-15(9-12)5-7-16(10-13)6-4-14/h1-7H2. The lowest BCUT2D eigenvalue weighted by Crippen LogP contribution is -2.38. The third-order valence-electron chi connectivity index (χ3n) is 2.56. The second-order valence-corrected chi connectivity index (χ2v) is 3.61. The van der Waals surface area contributed by atoms with Crippen LogP contribution in [0.2, 0.25) is 0 Å². The van der Waals surface area contributed by atoms with Gasteiger partial charge in [0.25, 0.3) is 0 Å². The minimum absolute atomic E-state index is 0.545. The van der Waals surface area contributed by atoms with Gasteiger partial charge in [0.2, 0.25) is 0 Å². The first-order valence-corrected chi connectivity index (χ1v) is 5.24. The highest BCUT2D eigenvalue weighted by Gasteiger charge is 2.11. The van der Waals surface area contributed by atoms with E-state index in [4.69, 9.17) is 15.8 Å². The van der Waals surface area contributed by atoms with Crippen molar-refractivity contribution in [2.24, 2.45) is 0 Å². The zero-order chi connectivity index (χ0) is 11.8. The molecule has 0 saturated carbocycles. The average molecular weight is 218 g/mol. The maximum absolute atomic E-state index is 8.86. The number of hydrogen-bond donors (Lipinski definition) is 0. The molecule has 0 amide bonds. The molecule has 6 nitrogen and oxygen atoms in total.